The Labute approximate surface area is 89.9 Å². The van der Waals surface area contributed by atoms with Crippen LogP contribution in [-0.2, 0) is 0 Å². The minimum Gasteiger partial charge on any atom is -0.347 e. The van der Waals surface area contributed by atoms with Crippen molar-refractivity contribution in [3.05, 3.63) is 30.1 Å². The number of nitrogens with one attached hydrogen (secondary N) is 1. The first-order valence-electron chi connectivity index (χ1n) is 4.98. The van der Waals surface area contributed by atoms with E-state index >= 15 is 0 Å². The molecule has 15 heavy (non-hydrogen) atoms. The minimum atomic E-state index is -0.269. The third-order valence-corrected chi connectivity index (χ3v) is 2.16. The molecular formula is C11H17N3O. The van der Waals surface area contributed by atoms with Crippen molar-refractivity contribution in [2.24, 2.45) is 5.73 Å². The summed E-state index contributed by atoms with van der Waals surface area (Å²) in [4.78, 5) is 15.6. The number of rotatable bonds is 4. The van der Waals surface area contributed by atoms with Gasteiger partial charge in [-0.3, -0.25) is 9.78 Å². The maximum absolute atomic E-state index is 11.8. The number of amides is 1. The van der Waals surface area contributed by atoms with Crippen LogP contribution in [0.25, 0.3) is 0 Å². The van der Waals surface area contributed by atoms with Gasteiger partial charge >= 0.3 is 0 Å². The van der Waals surface area contributed by atoms with E-state index in [9.17, 15) is 4.79 Å². The molecular weight excluding hydrogens is 190 g/mol. The monoisotopic (exact) mass is 207 g/mol. The van der Waals surface area contributed by atoms with E-state index in [4.69, 9.17) is 5.73 Å². The van der Waals surface area contributed by atoms with Crippen molar-refractivity contribution in [2.75, 3.05) is 6.54 Å². The lowest BCUT2D eigenvalue weighted by Crippen LogP contribution is -2.44. The summed E-state index contributed by atoms with van der Waals surface area (Å²) in [6, 6.07) is 3.38. The Morgan fingerprint density at radius 2 is 2.07 bits per heavy atom. The minimum absolute atomic E-state index is 0.0872. The number of carbonyl (C=O) groups is 1. The van der Waals surface area contributed by atoms with Crippen LogP contribution in [-0.4, -0.2) is 23.0 Å². The van der Waals surface area contributed by atoms with Gasteiger partial charge < -0.3 is 11.1 Å². The standard InChI is InChI=1S/C11H17N3O/c1-11(2,5-6-12)14-10(15)9-3-7-13-8-4-9/h3-4,7-8H,5-6,12H2,1-2H3,(H,14,15). The zero-order chi connectivity index (χ0) is 11.3. The van der Waals surface area contributed by atoms with Crippen molar-refractivity contribution in [3.63, 3.8) is 0 Å². The van der Waals surface area contributed by atoms with Crippen molar-refractivity contribution < 1.29 is 4.79 Å². The van der Waals surface area contributed by atoms with E-state index in [0.29, 0.717) is 12.1 Å². The van der Waals surface area contributed by atoms with Crippen molar-refractivity contribution in [3.8, 4) is 0 Å². The molecule has 0 aliphatic rings. The molecule has 1 aromatic heterocycles. The Kier molecular flexibility index (Phi) is 3.80. The summed E-state index contributed by atoms with van der Waals surface area (Å²) in [5, 5.41) is 2.93. The first-order valence-corrected chi connectivity index (χ1v) is 4.98. The van der Waals surface area contributed by atoms with Gasteiger partial charge in [0.1, 0.15) is 0 Å². The Balaban J connectivity index is 2.64. The highest BCUT2D eigenvalue weighted by Crippen LogP contribution is 2.08. The fraction of sp³-hybridized carbons (Fsp3) is 0.455. The quantitative estimate of drug-likeness (QED) is 0.772. The number of aromatic nitrogens is 1. The highest BCUT2D eigenvalue weighted by Gasteiger charge is 2.19. The molecule has 0 aliphatic carbocycles. The number of nitrogens with zero attached hydrogens (tertiary/aromatic N) is 1. The van der Waals surface area contributed by atoms with Crippen LogP contribution in [0, 0.1) is 0 Å². The van der Waals surface area contributed by atoms with E-state index in [1.54, 1.807) is 24.5 Å². The second-order valence-corrected chi connectivity index (χ2v) is 4.11. The van der Waals surface area contributed by atoms with E-state index in [2.05, 4.69) is 10.3 Å². The zero-order valence-electron chi connectivity index (χ0n) is 9.16. The SMILES string of the molecule is CC(C)(CCN)NC(=O)c1ccncc1. The van der Waals surface area contributed by atoms with Crippen LogP contribution in [0.1, 0.15) is 30.6 Å². The summed E-state index contributed by atoms with van der Waals surface area (Å²) >= 11 is 0. The lowest BCUT2D eigenvalue weighted by Gasteiger charge is -2.25. The Morgan fingerprint density at radius 1 is 1.47 bits per heavy atom. The third kappa shape index (κ3) is 3.67. The topological polar surface area (TPSA) is 68.0 Å². The summed E-state index contributed by atoms with van der Waals surface area (Å²) in [6.07, 6.45) is 3.96. The molecule has 1 aromatic rings. The van der Waals surface area contributed by atoms with Gasteiger partial charge in [0.15, 0.2) is 0 Å². The van der Waals surface area contributed by atoms with Gasteiger partial charge in [0, 0.05) is 23.5 Å². The molecule has 0 spiro atoms. The normalized spacial score (nSPS) is 11.1. The molecule has 0 radical (unpaired) electrons. The smallest absolute Gasteiger partial charge is 0.251 e. The predicted octanol–water partition coefficient (Wildman–Crippen LogP) is 0.939. The van der Waals surface area contributed by atoms with Crippen LogP contribution >= 0.6 is 0 Å². The Morgan fingerprint density at radius 3 is 2.60 bits per heavy atom. The lowest BCUT2D eigenvalue weighted by atomic mass is 10.0. The van der Waals surface area contributed by atoms with Gasteiger partial charge in [-0.05, 0) is 38.9 Å². The molecule has 0 saturated heterocycles. The van der Waals surface area contributed by atoms with Gasteiger partial charge in [-0.1, -0.05) is 0 Å². The lowest BCUT2D eigenvalue weighted by molar-refractivity contribution is 0.0910. The fourth-order valence-electron chi connectivity index (χ4n) is 1.31. The molecule has 0 bridgehead atoms. The molecule has 0 saturated carbocycles. The molecule has 1 heterocycles. The van der Waals surface area contributed by atoms with E-state index in [1.165, 1.54) is 0 Å². The summed E-state index contributed by atoms with van der Waals surface area (Å²) in [6.45, 7) is 4.47. The molecule has 82 valence electrons. The maximum Gasteiger partial charge on any atom is 0.251 e. The molecule has 4 heteroatoms. The van der Waals surface area contributed by atoms with Crippen LogP contribution in [0.3, 0.4) is 0 Å². The second kappa shape index (κ2) is 4.89. The molecule has 0 unspecified atom stereocenters. The van der Waals surface area contributed by atoms with Crippen molar-refractivity contribution in [2.45, 2.75) is 25.8 Å². The van der Waals surface area contributed by atoms with Crippen molar-refractivity contribution in [1.82, 2.24) is 10.3 Å². The third-order valence-electron chi connectivity index (χ3n) is 2.16. The highest BCUT2D eigenvalue weighted by molar-refractivity contribution is 5.94. The van der Waals surface area contributed by atoms with Crippen molar-refractivity contribution >= 4 is 5.91 Å². The predicted molar refractivity (Wildman–Crippen MR) is 59.5 cm³/mol. The van der Waals surface area contributed by atoms with Crippen LogP contribution in [0.5, 0.6) is 0 Å². The molecule has 0 aliphatic heterocycles. The number of hydrogen-bond donors (Lipinski definition) is 2. The van der Waals surface area contributed by atoms with Crippen LogP contribution in [0.2, 0.25) is 0 Å². The second-order valence-electron chi connectivity index (χ2n) is 4.11. The van der Waals surface area contributed by atoms with Crippen molar-refractivity contribution in [1.29, 1.82) is 0 Å². The van der Waals surface area contributed by atoms with Gasteiger partial charge in [0.25, 0.3) is 5.91 Å². The molecule has 4 nitrogen and oxygen atoms in total. The number of hydrogen-bond acceptors (Lipinski definition) is 3. The zero-order valence-corrected chi connectivity index (χ0v) is 9.16. The van der Waals surface area contributed by atoms with Gasteiger partial charge in [-0.2, -0.15) is 0 Å². The summed E-state index contributed by atoms with van der Waals surface area (Å²) < 4.78 is 0. The molecule has 1 rings (SSSR count). The van der Waals surface area contributed by atoms with Gasteiger partial charge in [-0.15, -0.1) is 0 Å². The largest absolute Gasteiger partial charge is 0.347 e. The first kappa shape index (κ1) is 11.7. The van der Waals surface area contributed by atoms with Crippen LogP contribution in [0.15, 0.2) is 24.5 Å². The number of carbonyl (C=O) groups excluding carboxylic acids is 1. The first-order chi connectivity index (χ1) is 7.05. The Bertz CT molecular complexity index is 322. The molecule has 1 amide bonds. The molecule has 0 aromatic carbocycles. The number of pyridine rings is 1. The van der Waals surface area contributed by atoms with Crippen LogP contribution in [0.4, 0.5) is 0 Å². The molecule has 3 N–H and O–H groups in total. The van der Waals surface area contributed by atoms with Gasteiger partial charge in [0.05, 0.1) is 0 Å². The summed E-state index contributed by atoms with van der Waals surface area (Å²) in [5.41, 5.74) is 5.82. The molecule has 0 atom stereocenters. The summed E-state index contributed by atoms with van der Waals surface area (Å²) in [7, 11) is 0. The molecule has 0 fully saturated rings. The number of nitrogens with two attached hydrogens (primary N) is 1. The van der Waals surface area contributed by atoms with E-state index in [-0.39, 0.29) is 11.4 Å². The van der Waals surface area contributed by atoms with Gasteiger partial charge in [0.2, 0.25) is 0 Å². The van der Waals surface area contributed by atoms with E-state index in [0.717, 1.165) is 6.42 Å². The summed E-state index contributed by atoms with van der Waals surface area (Å²) in [5.74, 6) is -0.0872. The Hall–Kier alpha value is -1.42. The average Bonchev–Trinajstić information content (AvgIpc) is 2.18. The maximum atomic E-state index is 11.8. The highest BCUT2D eigenvalue weighted by atomic mass is 16.1. The van der Waals surface area contributed by atoms with E-state index < -0.39 is 0 Å². The average molecular weight is 207 g/mol. The fourth-order valence-corrected chi connectivity index (χ4v) is 1.31. The van der Waals surface area contributed by atoms with Crippen LogP contribution < -0.4 is 11.1 Å². The van der Waals surface area contributed by atoms with Gasteiger partial charge in [-0.25, -0.2) is 0 Å². The van der Waals surface area contributed by atoms with E-state index in [1.807, 2.05) is 13.8 Å².